The van der Waals surface area contributed by atoms with E-state index in [1.165, 1.54) is 11.8 Å². The minimum absolute atomic E-state index is 0.0189. The number of Topliss-reactive ketones (excluding diaryl/α,β-unsaturated/α-hetero) is 2. The highest BCUT2D eigenvalue weighted by Crippen LogP contribution is 2.26. The van der Waals surface area contributed by atoms with Gasteiger partial charge in [-0.25, -0.2) is 0 Å². The predicted octanol–water partition coefficient (Wildman–Crippen LogP) is 4.93. The molecule has 2 aromatic carbocycles. The van der Waals surface area contributed by atoms with Gasteiger partial charge in [-0.1, -0.05) is 12.1 Å². The maximum absolute atomic E-state index is 13.3. The zero-order valence-corrected chi connectivity index (χ0v) is 27.3. The van der Waals surface area contributed by atoms with Gasteiger partial charge in [0.2, 0.25) is 0 Å². The summed E-state index contributed by atoms with van der Waals surface area (Å²) in [7, 11) is 2.14. The van der Waals surface area contributed by atoms with Crippen LogP contribution in [0.25, 0.3) is 0 Å². The molecule has 0 N–H and O–H groups in total. The standard InChI is InChI=1S/C38H44N6O3/c1-41-20-22-43(23-21-41)34-9-6-31(7-10-34)37(46)32-14-18-44(19-15-32)38(47)33-8-11-35(40-26-33)36(45)24-28-12-16-42(17-13-28)27-30-4-2-29(25-39)3-5-30/h2-11,26,28,32H,12-24,27H2,1H3. The van der Waals surface area contributed by atoms with E-state index in [0.29, 0.717) is 55.1 Å². The Morgan fingerprint density at radius 2 is 1.45 bits per heavy atom. The molecule has 0 saturated carbocycles. The molecule has 1 aromatic heterocycles. The molecule has 3 aromatic rings. The summed E-state index contributed by atoms with van der Waals surface area (Å²) in [6.07, 6.45) is 5.18. The maximum atomic E-state index is 13.3. The van der Waals surface area contributed by atoms with E-state index in [1.807, 2.05) is 36.4 Å². The first kappa shape index (κ1) is 32.5. The fraction of sp³-hybridized carbons (Fsp3) is 0.447. The number of hydrogen-bond donors (Lipinski definition) is 0. The fourth-order valence-electron chi connectivity index (χ4n) is 7.01. The minimum Gasteiger partial charge on any atom is -0.369 e. The maximum Gasteiger partial charge on any atom is 0.255 e. The van der Waals surface area contributed by atoms with Gasteiger partial charge >= 0.3 is 0 Å². The molecule has 9 heteroatoms. The number of anilines is 1. The third-order valence-corrected chi connectivity index (χ3v) is 10.1. The molecule has 6 rings (SSSR count). The molecule has 0 aliphatic carbocycles. The number of nitrogens with zero attached hydrogens (tertiary/aromatic N) is 6. The first-order chi connectivity index (χ1) is 22.9. The second kappa shape index (κ2) is 15.0. The molecule has 4 heterocycles. The van der Waals surface area contributed by atoms with Crippen molar-refractivity contribution in [2.75, 3.05) is 64.3 Å². The Morgan fingerprint density at radius 3 is 2.06 bits per heavy atom. The Hall–Kier alpha value is -4.39. The van der Waals surface area contributed by atoms with Crippen molar-refractivity contribution in [1.82, 2.24) is 19.7 Å². The van der Waals surface area contributed by atoms with Gasteiger partial charge in [-0.3, -0.25) is 24.3 Å². The molecule has 1 amide bonds. The third-order valence-electron chi connectivity index (χ3n) is 10.1. The van der Waals surface area contributed by atoms with Crippen molar-refractivity contribution in [2.24, 2.45) is 11.8 Å². The number of pyridine rings is 1. The summed E-state index contributed by atoms with van der Waals surface area (Å²) in [5.41, 5.74) is 4.65. The summed E-state index contributed by atoms with van der Waals surface area (Å²) in [5.74, 6) is 0.304. The Balaban J connectivity index is 0.934. The van der Waals surface area contributed by atoms with Gasteiger partial charge in [0.15, 0.2) is 11.6 Å². The highest BCUT2D eigenvalue weighted by molar-refractivity contribution is 5.99. The number of carbonyl (C=O) groups excluding carboxylic acids is 3. The summed E-state index contributed by atoms with van der Waals surface area (Å²) >= 11 is 0. The van der Waals surface area contributed by atoms with E-state index in [9.17, 15) is 14.4 Å². The van der Waals surface area contributed by atoms with E-state index < -0.39 is 0 Å². The van der Waals surface area contributed by atoms with Crippen LogP contribution in [0.4, 0.5) is 5.69 Å². The molecule has 3 fully saturated rings. The van der Waals surface area contributed by atoms with Crippen LogP contribution in [0.5, 0.6) is 0 Å². The SMILES string of the molecule is CN1CCN(c2ccc(C(=O)C3CCN(C(=O)c4ccc(C(=O)CC5CCN(Cc6ccc(C#N)cc6)CC5)nc4)CC3)cc2)CC1. The number of ketones is 2. The van der Waals surface area contributed by atoms with Crippen LogP contribution in [0.3, 0.4) is 0 Å². The number of rotatable bonds is 9. The summed E-state index contributed by atoms with van der Waals surface area (Å²) in [6, 6.07) is 21.3. The van der Waals surface area contributed by atoms with E-state index in [4.69, 9.17) is 5.26 Å². The van der Waals surface area contributed by atoms with Gasteiger partial charge < -0.3 is 14.7 Å². The number of piperidine rings is 2. The Labute approximate surface area is 277 Å². The predicted molar refractivity (Wildman–Crippen MR) is 181 cm³/mol. The summed E-state index contributed by atoms with van der Waals surface area (Å²) < 4.78 is 0. The number of hydrogen-bond acceptors (Lipinski definition) is 8. The van der Waals surface area contributed by atoms with Crippen molar-refractivity contribution >= 4 is 23.2 Å². The van der Waals surface area contributed by atoms with Gasteiger partial charge in [0.1, 0.15) is 5.69 Å². The molecule has 0 spiro atoms. The van der Waals surface area contributed by atoms with Crippen LogP contribution in [-0.4, -0.2) is 96.6 Å². The van der Waals surface area contributed by atoms with Crippen LogP contribution in [0, 0.1) is 23.2 Å². The van der Waals surface area contributed by atoms with Gasteiger partial charge in [0.25, 0.3) is 5.91 Å². The average Bonchev–Trinajstić information content (AvgIpc) is 3.12. The summed E-state index contributed by atoms with van der Waals surface area (Å²) in [4.78, 5) is 52.8. The molecule has 3 aliphatic heterocycles. The lowest BCUT2D eigenvalue weighted by Crippen LogP contribution is -2.44. The van der Waals surface area contributed by atoms with Crippen molar-refractivity contribution < 1.29 is 14.4 Å². The second-order valence-corrected chi connectivity index (χ2v) is 13.4. The lowest BCUT2D eigenvalue weighted by atomic mass is 9.88. The van der Waals surface area contributed by atoms with Gasteiger partial charge in [-0.2, -0.15) is 5.26 Å². The van der Waals surface area contributed by atoms with Crippen LogP contribution in [0.1, 0.15) is 74.4 Å². The number of benzene rings is 2. The van der Waals surface area contributed by atoms with E-state index in [2.05, 4.69) is 44.9 Å². The number of nitriles is 1. The van der Waals surface area contributed by atoms with Crippen molar-refractivity contribution in [3.8, 4) is 6.07 Å². The van der Waals surface area contributed by atoms with Crippen LogP contribution in [0.15, 0.2) is 66.9 Å². The molecule has 9 nitrogen and oxygen atoms in total. The molecule has 244 valence electrons. The van der Waals surface area contributed by atoms with Gasteiger partial charge in [0, 0.05) is 75.6 Å². The first-order valence-electron chi connectivity index (χ1n) is 16.9. The van der Waals surface area contributed by atoms with E-state index >= 15 is 0 Å². The van der Waals surface area contributed by atoms with Crippen molar-refractivity contribution in [3.05, 3.63) is 94.8 Å². The largest absolute Gasteiger partial charge is 0.369 e. The van der Waals surface area contributed by atoms with Crippen molar-refractivity contribution in [2.45, 2.75) is 38.6 Å². The second-order valence-electron chi connectivity index (χ2n) is 13.4. The summed E-state index contributed by atoms with van der Waals surface area (Å²) in [5, 5.41) is 8.99. The lowest BCUT2D eigenvalue weighted by molar-refractivity contribution is 0.0649. The monoisotopic (exact) mass is 632 g/mol. The average molecular weight is 633 g/mol. The zero-order chi connectivity index (χ0) is 32.8. The van der Waals surface area contributed by atoms with E-state index in [1.54, 1.807) is 17.0 Å². The lowest BCUT2D eigenvalue weighted by Gasteiger charge is -2.34. The number of likely N-dealkylation sites (N-methyl/N-ethyl adjacent to an activating group) is 1. The Bertz CT molecular complexity index is 1570. The molecule has 0 radical (unpaired) electrons. The van der Waals surface area contributed by atoms with Gasteiger partial charge in [-0.05, 0) is 106 Å². The molecule has 0 atom stereocenters. The van der Waals surface area contributed by atoms with Crippen molar-refractivity contribution in [1.29, 1.82) is 5.26 Å². The summed E-state index contributed by atoms with van der Waals surface area (Å²) in [6.45, 7) is 7.85. The van der Waals surface area contributed by atoms with Crippen LogP contribution >= 0.6 is 0 Å². The highest BCUT2D eigenvalue weighted by Gasteiger charge is 2.29. The molecule has 47 heavy (non-hydrogen) atoms. The number of carbonyl (C=O) groups is 3. The molecular weight excluding hydrogens is 588 g/mol. The smallest absolute Gasteiger partial charge is 0.255 e. The van der Waals surface area contributed by atoms with Crippen LogP contribution in [0.2, 0.25) is 0 Å². The van der Waals surface area contributed by atoms with Crippen LogP contribution in [-0.2, 0) is 6.54 Å². The first-order valence-corrected chi connectivity index (χ1v) is 16.9. The van der Waals surface area contributed by atoms with Gasteiger partial charge in [-0.15, -0.1) is 0 Å². The Kier molecular flexibility index (Phi) is 10.4. The van der Waals surface area contributed by atoms with E-state index in [-0.39, 0.29) is 23.4 Å². The highest BCUT2D eigenvalue weighted by atomic mass is 16.2. The quantitative estimate of drug-likeness (QED) is 0.307. The molecular formula is C38H44N6O3. The zero-order valence-electron chi connectivity index (χ0n) is 27.3. The van der Waals surface area contributed by atoms with Crippen molar-refractivity contribution in [3.63, 3.8) is 0 Å². The number of piperazine rings is 1. The number of amides is 1. The van der Waals surface area contributed by atoms with E-state index in [0.717, 1.165) is 69.9 Å². The molecule has 3 saturated heterocycles. The molecule has 0 unspecified atom stereocenters. The Morgan fingerprint density at radius 1 is 0.787 bits per heavy atom. The topological polar surface area (TPSA) is 101 Å². The normalized spacial score (nSPS) is 18.6. The molecule has 3 aliphatic rings. The molecule has 0 bridgehead atoms. The third kappa shape index (κ3) is 8.13. The number of likely N-dealkylation sites (tertiary alicyclic amines) is 2. The number of aromatic nitrogens is 1. The minimum atomic E-state index is -0.103. The fourth-order valence-corrected chi connectivity index (χ4v) is 7.01. The van der Waals surface area contributed by atoms with Gasteiger partial charge in [0.05, 0.1) is 17.2 Å². The van der Waals surface area contributed by atoms with Crippen LogP contribution < -0.4 is 4.90 Å².